The van der Waals surface area contributed by atoms with Crippen LogP contribution in [0.25, 0.3) is 0 Å². The normalized spacial score (nSPS) is 17.1. The third kappa shape index (κ3) is 3.29. The molecule has 0 N–H and O–H groups in total. The Labute approximate surface area is 146 Å². The molecule has 0 atom stereocenters. The van der Waals surface area contributed by atoms with Gasteiger partial charge in [0, 0.05) is 25.7 Å². The molecule has 1 aromatic rings. The van der Waals surface area contributed by atoms with Crippen molar-refractivity contribution in [2.45, 2.75) is 25.7 Å². The summed E-state index contributed by atoms with van der Waals surface area (Å²) >= 11 is 0. The SMILES string of the molecule is O=C(ON1C(=O)CCC1=O)c1ccc(C(=O)ON2C(=O)CCC2=O)cc1. The quantitative estimate of drug-likeness (QED) is 0.693. The molecule has 0 aliphatic carbocycles. The van der Waals surface area contributed by atoms with E-state index in [9.17, 15) is 28.8 Å². The molecule has 0 bridgehead atoms. The highest BCUT2D eigenvalue weighted by Crippen LogP contribution is 2.16. The summed E-state index contributed by atoms with van der Waals surface area (Å²) in [5.74, 6) is -4.32. The van der Waals surface area contributed by atoms with Gasteiger partial charge in [-0.25, -0.2) is 9.59 Å². The van der Waals surface area contributed by atoms with Crippen molar-refractivity contribution >= 4 is 35.6 Å². The Bertz CT molecular complexity index is 728. The first-order valence-electron chi connectivity index (χ1n) is 7.63. The Morgan fingerprint density at radius 2 is 0.885 bits per heavy atom. The Hall–Kier alpha value is -3.56. The van der Waals surface area contributed by atoms with E-state index < -0.39 is 35.6 Å². The number of hydrogen-bond donors (Lipinski definition) is 0. The maximum Gasteiger partial charge on any atom is 0.363 e. The van der Waals surface area contributed by atoms with Crippen LogP contribution in [0.4, 0.5) is 0 Å². The summed E-state index contributed by atoms with van der Waals surface area (Å²) < 4.78 is 0. The molecular formula is C16H12N2O8. The van der Waals surface area contributed by atoms with Gasteiger partial charge in [-0.15, -0.1) is 10.1 Å². The van der Waals surface area contributed by atoms with Gasteiger partial charge in [-0.3, -0.25) is 19.2 Å². The third-order valence-electron chi connectivity index (χ3n) is 3.72. The summed E-state index contributed by atoms with van der Waals surface area (Å²) in [6, 6.07) is 4.88. The lowest BCUT2D eigenvalue weighted by Crippen LogP contribution is -2.32. The summed E-state index contributed by atoms with van der Waals surface area (Å²) in [6.45, 7) is 0. The topological polar surface area (TPSA) is 127 Å². The Morgan fingerprint density at radius 1 is 0.615 bits per heavy atom. The predicted molar refractivity (Wildman–Crippen MR) is 79.4 cm³/mol. The van der Waals surface area contributed by atoms with E-state index in [0.717, 1.165) is 0 Å². The van der Waals surface area contributed by atoms with Gasteiger partial charge in [-0.05, 0) is 24.3 Å². The second kappa shape index (κ2) is 6.75. The van der Waals surface area contributed by atoms with Crippen LogP contribution in [0.3, 0.4) is 0 Å². The predicted octanol–water partition coefficient (Wildman–Crippen LogP) is 0.128. The van der Waals surface area contributed by atoms with E-state index in [0.29, 0.717) is 10.1 Å². The lowest BCUT2D eigenvalue weighted by atomic mass is 10.1. The van der Waals surface area contributed by atoms with E-state index in [4.69, 9.17) is 9.68 Å². The van der Waals surface area contributed by atoms with Crippen LogP contribution in [0.2, 0.25) is 0 Å². The first-order valence-corrected chi connectivity index (χ1v) is 7.63. The molecule has 0 radical (unpaired) electrons. The molecule has 10 heteroatoms. The summed E-state index contributed by atoms with van der Waals surface area (Å²) in [5, 5.41) is 0.824. The molecular weight excluding hydrogens is 348 g/mol. The summed E-state index contributed by atoms with van der Waals surface area (Å²) in [5.41, 5.74) is -0.0234. The Kier molecular flexibility index (Phi) is 4.48. The fourth-order valence-corrected chi connectivity index (χ4v) is 2.33. The number of carbonyl (C=O) groups is 6. The minimum Gasteiger partial charge on any atom is -0.325 e. The van der Waals surface area contributed by atoms with E-state index >= 15 is 0 Å². The van der Waals surface area contributed by atoms with Gasteiger partial charge in [-0.2, -0.15) is 0 Å². The van der Waals surface area contributed by atoms with Crippen molar-refractivity contribution < 1.29 is 38.4 Å². The summed E-state index contributed by atoms with van der Waals surface area (Å²) in [7, 11) is 0. The van der Waals surface area contributed by atoms with E-state index in [2.05, 4.69) is 0 Å². The van der Waals surface area contributed by atoms with E-state index in [1.165, 1.54) is 24.3 Å². The van der Waals surface area contributed by atoms with Gasteiger partial charge in [0.15, 0.2) is 0 Å². The second-order valence-electron chi connectivity index (χ2n) is 5.50. The molecule has 26 heavy (non-hydrogen) atoms. The fourth-order valence-electron chi connectivity index (χ4n) is 2.33. The van der Waals surface area contributed by atoms with Gasteiger partial charge in [-0.1, -0.05) is 0 Å². The highest BCUT2D eigenvalue weighted by Gasteiger charge is 2.34. The van der Waals surface area contributed by atoms with E-state index in [1.807, 2.05) is 0 Å². The zero-order valence-electron chi connectivity index (χ0n) is 13.3. The number of rotatable bonds is 4. The van der Waals surface area contributed by atoms with E-state index in [1.54, 1.807) is 0 Å². The number of nitrogens with zero attached hydrogens (tertiary/aromatic N) is 2. The molecule has 3 rings (SSSR count). The van der Waals surface area contributed by atoms with Crippen molar-refractivity contribution in [3.05, 3.63) is 35.4 Å². The van der Waals surface area contributed by atoms with Crippen LogP contribution in [-0.2, 0) is 28.9 Å². The van der Waals surface area contributed by atoms with Crippen molar-refractivity contribution in [1.82, 2.24) is 10.1 Å². The summed E-state index contributed by atoms with van der Waals surface area (Å²) in [6.07, 6.45) is -0.0919. The molecule has 2 aliphatic heterocycles. The average Bonchev–Trinajstić information content (AvgIpc) is 3.12. The molecule has 2 fully saturated rings. The molecule has 2 aliphatic rings. The zero-order chi connectivity index (χ0) is 18.8. The molecule has 2 heterocycles. The molecule has 10 nitrogen and oxygen atoms in total. The molecule has 0 unspecified atom stereocenters. The minimum absolute atomic E-state index is 0.0117. The van der Waals surface area contributed by atoms with Crippen LogP contribution < -0.4 is 0 Å². The minimum atomic E-state index is -0.946. The van der Waals surface area contributed by atoms with Gasteiger partial charge in [0.2, 0.25) is 0 Å². The smallest absolute Gasteiger partial charge is 0.325 e. The van der Waals surface area contributed by atoms with Gasteiger partial charge in [0.1, 0.15) is 0 Å². The highest BCUT2D eigenvalue weighted by molar-refractivity contribution is 6.04. The lowest BCUT2D eigenvalue weighted by molar-refractivity contribution is -0.173. The number of imide groups is 2. The molecule has 1 aromatic carbocycles. The molecule has 2 saturated heterocycles. The first-order chi connectivity index (χ1) is 12.4. The van der Waals surface area contributed by atoms with Crippen molar-refractivity contribution in [2.75, 3.05) is 0 Å². The zero-order valence-corrected chi connectivity index (χ0v) is 13.3. The third-order valence-corrected chi connectivity index (χ3v) is 3.72. The van der Waals surface area contributed by atoms with Gasteiger partial charge < -0.3 is 9.68 Å². The van der Waals surface area contributed by atoms with Crippen LogP contribution in [0, 0.1) is 0 Å². The van der Waals surface area contributed by atoms with Crippen molar-refractivity contribution in [2.24, 2.45) is 0 Å². The monoisotopic (exact) mass is 360 g/mol. The van der Waals surface area contributed by atoms with Crippen LogP contribution in [-0.4, -0.2) is 45.7 Å². The summed E-state index contributed by atoms with van der Waals surface area (Å²) in [4.78, 5) is 79.1. The van der Waals surface area contributed by atoms with Crippen LogP contribution in [0.15, 0.2) is 24.3 Å². The number of hydrogen-bond acceptors (Lipinski definition) is 8. The number of hydroxylamine groups is 4. The van der Waals surface area contributed by atoms with Crippen LogP contribution in [0.5, 0.6) is 0 Å². The second-order valence-corrected chi connectivity index (χ2v) is 5.50. The fraction of sp³-hybridized carbons (Fsp3) is 0.250. The molecule has 0 spiro atoms. The average molecular weight is 360 g/mol. The number of benzene rings is 1. The Balaban J connectivity index is 1.64. The standard InChI is InChI=1S/C16H12N2O8/c19-11-5-6-12(20)17(11)25-15(23)9-1-2-10(4-3-9)16(24)26-18-13(21)7-8-14(18)22/h1-4H,5-8H2. The Morgan fingerprint density at radius 3 is 1.15 bits per heavy atom. The largest absolute Gasteiger partial charge is 0.363 e. The van der Waals surface area contributed by atoms with Crippen LogP contribution >= 0.6 is 0 Å². The van der Waals surface area contributed by atoms with E-state index in [-0.39, 0.29) is 36.8 Å². The van der Waals surface area contributed by atoms with Crippen molar-refractivity contribution in [3.63, 3.8) is 0 Å². The first kappa shape index (κ1) is 17.3. The lowest BCUT2D eigenvalue weighted by Gasteiger charge is -2.13. The van der Waals surface area contributed by atoms with Gasteiger partial charge >= 0.3 is 11.9 Å². The molecule has 134 valence electrons. The number of carbonyl (C=O) groups excluding carboxylic acids is 6. The van der Waals surface area contributed by atoms with Crippen LogP contribution in [0.1, 0.15) is 46.4 Å². The molecule has 4 amide bonds. The maximum absolute atomic E-state index is 12.0. The highest BCUT2D eigenvalue weighted by atomic mass is 16.7. The van der Waals surface area contributed by atoms with Crippen molar-refractivity contribution in [3.8, 4) is 0 Å². The van der Waals surface area contributed by atoms with Gasteiger partial charge in [0.05, 0.1) is 11.1 Å². The molecule has 0 aromatic heterocycles. The van der Waals surface area contributed by atoms with Crippen molar-refractivity contribution in [1.29, 1.82) is 0 Å². The number of amides is 4. The van der Waals surface area contributed by atoms with Gasteiger partial charge in [0.25, 0.3) is 23.6 Å². The maximum atomic E-state index is 12.0. The molecule has 0 saturated carbocycles.